The Labute approximate surface area is 157 Å². The van der Waals surface area contributed by atoms with Gasteiger partial charge in [0.2, 0.25) is 5.95 Å². The van der Waals surface area contributed by atoms with Gasteiger partial charge in [-0.3, -0.25) is 4.79 Å². The molecule has 4 rings (SSSR count). The number of hydrogen-bond donors (Lipinski definition) is 1. The first-order valence-corrected chi connectivity index (χ1v) is 9.00. The third-order valence-electron chi connectivity index (χ3n) is 4.68. The van der Waals surface area contributed by atoms with Crippen LogP contribution in [0.4, 0.5) is 5.95 Å². The molecular formula is C21H18ClN3O. The number of anilines is 1. The molecule has 4 nitrogen and oxygen atoms in total. The SMILES string of the molecule is O=C1CC(c2ccccc2Cl)Cc2nc(NCc3ccccc3)ncc21. The molecule has 0 saturated carbocycles. The lowest BCUT2D eigenvalue weighted by molar-refractivity contribution is 0.0963. The van der Waals surface area contributed by atoms with E-state index in [4.69, 9.17) is 11.6 Å². The van der Waals surface area contributed by atoms with Gasteiger partial charge < -0.3 is 5.32 Å². The van der Waals surface area contributed by atoms with Crippen LogP contribution in [0, 0.1) is 0 Å². The zero-order valence-corrected chi connectivity index (χ0v) is 14.9. The number of Topliss-reactive ketones (excluding diaryl/α,β-unsaturated/α-hetero) is 1. The molecule has 1 heterocycles. The molecule has 1 unspecified atom stereocenters. The molecule has 130 valence electrons. The molecule has 0 fully saturated rings. The average Bonchev–Trinajstić information content (AvgIpc) is 2.67. The molecule has 2 aromatic carbocycles. The van der Waals surface area contributed by atoms with Crippen LogP contribution >= 0.6 is 11.6 Å². The van der Waals surface area contributed by atoms with Crippen LogP contribution in [0.5, 0.6) is 0 Å². The number of nitrogens with zero attached hydrogens (tertiary/aromatic N) is 2. The molecule has 0 bridgehead atoms. The van der Waals surface area contributed by atoms with E-state index < -0.39 is 0 Å². The van der Waals surface area contributed by atoms with Crippen molar-refractivity contribution in [3.63, 3.8) is 0 Å². The number of aromatic nitrogens is 2. The fourth-order valence-electron chi connectivity index (χ4n) is 3.33. The van der Waals surface area contributed by atoms with Crippen LogP contribution in [0.3, 0.4) is 0 Å². The van der Waals surface area contributed by atoms with Crippen molar-refractivity contribution >= 4 is 23.3 Å². The Bertz CT molecular complexity index is 943. The second-order valence-electron chi connectivity index (χ2n) is 6.44. The van der Waals surface area contributed by atoms with Crippen molar-refractivity contribution < 1.29 is 4.79 Å². The number of carbonyl (C=O) groups is 1. The van der Waals surface area contributed by atoms with Gasteiger partial charge in [-0.2, -0.15) is 0 Å². The van der Waals surface area contributed by atoms with E-state index in [9.17, 15) is 4.79 Å². The standard InChI is InChI=1S/C21H18ClN3O/c22-18-9-5-4-8-16(18)15-10-19-17(20(26)11-15)13-24-21(25-19)23-12-14-6-2-1-3-7-14/h1-9,13,15H,10-12H2,(H,23,24,25). The molecule has 1 N–H and O–H groups in total. The monoisotopic (exact) mass is 363 g/mol. The first kappa shape index (κ1) is 16.7. The van der Waals surface area contributed by atoms with Crippen molar-refractivity contribution in [1.82, 2.24) is 9.97 Å². The van der Waals surface area contributed by atoms with Crippen molar-refractivity contribution in [2.45, 2.75) is 25.3 Å². The maximum absolute atomic E-state index is 12.5. The number of rotatable bonds is 4. The van der Waals surface area contributed by atoms with E-state index in [2.05, 4.69) is 15.3 Å². The molecule has 1 aliphatic rings. The molecule has 1 aromatic heterocycles. The lowest BCUT2D eigenvalue weighted by Crippen LogP contribution is -2.21. The van der Waals surface area contributed by atoms with E-state index in [0.717, 1.165) is 16.8 Å². The Morgan fingerprint density at radius 2 is 1.81 bits per heavy atom. The van der Waals surface area contributed by atoms with Crippen LogP contribution in [0.15, 0.2) is 60.8 Å². The second kappa shape index (κ2) is 7.26. The highest BCUT2D eigenvalue weighted by Gasteiger charge is 2.29. The van der Waals surface area contributed by atoms with E-state index in [1.54, 1.807) is 6.20 Å². The Hall–Kier alpha value is -2.72. The Kier molecular flexibility index (Phi) is 4.67. The Morgan fingerprint density at radius 3 is 2.62 bits per heavy atom. The van der Waals surface area contributed by atoms with Crippen molar-refractivity contribution in [1.29, 1.82) is 0 Å². The van der Waals surface area contributed by atoms with E-state index in [-0.39, 0.29) is 11.7 Å². The van der Waals surface area contributed by atoms with Crippen LogP contribution in [-0.2, 0) is 13.0 Å². The largest absolute Gasteiger partial charge is 0.350 e. The smallest absolute Gasteiger partial charge is 0.223 e. The van der Waals surface area contributed by atoms with Crippen LogP contribution in [0.1, 0.15) is 39.5 Å². The van der Waals surface area contributed by atoms with Gasteiger partial charge in [0.25, 0.3) is 0 Å². The maximum atomic E-state index is 12.5. The molecule has 1 atom stereocenters. The quantitative estimate of drug-likeness (QED) is 0.732. The maximum Gasteiger partial charge on any atom is 0.223 e. The van der Waals surface area contributed by atoms with Crippen molar-refractivity contribution in [2.75, 3.05) is 5.32 Å². The summed E-state index contributed by atoms with van der Waals surface area (Å²) in [4.78, 5) is 21.4. The summed E-state index contributed by atoms with van der Waals surface area (Å²) in [6.07, 6.45) is 2.77. The zero-order chi connectivity index (χ0) is 17.9. The fraction of sp³-hybridized carbons (Fsp3) is 0.190. The molecule has 0 amide bonds. The summed E-state index contributed by atoms with van der Waals surface area (Å²) in [7, 11) is 0. The minimum atomic E-state index is 0.0561. The summed E-state index contributed by atoms with van der Waals surface area (Å²) in [5.74, 6) is 0.673. The van der Waals surface area contributed by atoms with Gasteiger partial charge in [-0.1, -0.05) is 60.1 Å². The molecule has 1 aliphatic carbocycles. The minimum Gasteiger partial charge on any atom is -0.350 e. The highest BCUT2D eigenvalue weighted by Crippen LogP contribution is 2.35. The van der Waals surface area contributed by atoms with Gasteiger partial charge in [0.15, 0.2) is 5.78 Å². The fourth-order valence-corrected chi connectivity index (χ4v) is 3.62. The van der Waals surface area contributed by atoms with Gasteiger partial charge in [0.05, 0.1) is 11.3 Å². The normalized spacial score (nSPS) is 16.2. The van der Waals surface area contributed by atoms with Crippen LogP contribution in [0.25, 0.3) is 0 Å². The van der Waals surface area contributed by atoms with E-state index in [1.807, 2.05) is 54.6 Å². The zero-order valence-electron chi connectivity index (χ0n) is 14.2. The van der Waals surface area contributed by atoms with Crippen LogP contribution in [0.2, 0.25) is 5.02 Å². The summed E-state index contributed by atoms with van der Waals surface area (Å²) in [6, 6.07) is 17.8. The highest BCUT2D eigenvalue weighted by atomic mass is 35.5. The van der Waals surface area contributed by atoms with Crippen molar-refractivity contribution in [3.05, 3.63) is 88.2 Å². The summed E-state index contributed by atoms with van der Waals surface area (Å²) in [5.41, 5.74) is 3.57. The Morgan fingerprint density at radius 1 is 1.04 bits per heavy atom. The number of fused-ring (bicyclic) bond motifs is 1. The molecular weight excluding hydrogens is 346 g/mol. The van der Waals surface area contributed by atoms with Crippen molar-refractivity contribution in [2.24, 2.45) is 0 Å². The molecule has 0 spiro atoms. The topological polar surface area (TPSA) is 54.9 Å². The predicted molar refractivity (Wildman–Crippen MR) is 103 cm³/mol. The first-order valence-electron chi connectivity index (χ1n) is 8.62. The van der Waals surface area contributed by atoms with Gasteiger partial charge in [-0.15, -0.1) is 0 Å². The predicted octanol–water partition coefficient (Wildman–Crippen LogP) is 4.65. The molecule has 26 heavy (non-hydrogen) atoms. The molecule has 5 heteroatoms. The van der Waals surface area contributed by atoms with Gasteiger partial charge in [-0.25, -0.2) is 9.97 Å². The number of halogens is 1. The number of benzene rings is 2. The molecule has 0 radical (unpaired) electrons. The number of carbonyl (C=O) groups excluding carboxylic acids is 1. The van der Waals surface area contributed by atoms with Crippen LogP contribution in [-0.4, -0.2) is 15.8 Å². The lowest BCUT2D eigenvalue weighted by Gasteiger charge is -2.24. The third-order valence-corrected chi connectivity index (χ3v) is 5.02. The number of nitrogens with one attached hydrogen (secondary N) is 1. The van der Waals surface area contributed by atoms with Crippen LogP contribution < -0.4 is 5.32 Å². The van der Waals surface area contributed by atoms with Gasteiger partial charge in [0, 0.05) is 24.2 Å². The summed E-state index contributed by atoms with van der Waals surface area (Å²) < 4.78 is 0. The summed E-state index contributed by atoms with van der Waals surface area (Å²) in [6.45, 7) is 0.640. The average molecular weight is 364 g/mol. The Balaban J connectivity index is 1.56. The molecule has 0 saturated heterocycles. The minimum absolute atomic E-state index is 0.0561. The van der Waals surface area contributed by atoms with Crippen molar-refractivity contribution in [3.8, 4) is 0 Å². The van der Waals surface area contributed by atoms with E-state index in [1.165, 1.54) is 0 Å². The summed E-state index contributed by atoms with van der Waals surface area (Å²) in [5, 5.41) is 3.93. The number of hydrogen-bond acceptors (Lipinski definition) is 4. The third kappa shape index (κ3) is 3.46. The van der Waals surface area contributed by atoms with Gasteiger partial charge >= 0.3 is 0 Å². The van der Waals surface area contributed by atoms with Gasteiger partial charge in [-0.05, 0) is 29.5 Å². The molecule has 0 aliphatic heterocycles. The first-order chi connectivity index (χ1) is 12.7. The molecule has 3 aromatic rings. The number of ketones is 1. The summed E-state index contributed by atoms with van der Waals surface area (Å²) >= 11 is 6.32. The lowest BCUT2D eigenvalue weighted by atomic mass is 9.82. The van der Waals surface area contributed by atoms with Gasteiger partial charge in [0.1, 0.15) is 0 Å². The highest BCUT2D eigenvalue weighted by molar-refractivity contribution is 6.31. The van der Waals surface area contributed by atoms with E-state index in [0.29, 0.717) is 35.9 Å². The second-order valence-corrected chi connectivity index (χ2v) is 6.85. The van der Waals surface area contributed by atoms with E-state index >= 15 is 0 Å².